The third-order valence-corrected chi connectivity index (χ3v) is 9.13. The van der Waals surface area contributed by atoms with Crippen LogP contribution in [0.4, 0.5) is 5.69 Å². The number of nitrogens with zero attached hydrogens (tertiary/aromatic N) is 2. The number of hydrogen-bond donors (Lipinski definition) is 1. The lowest BCUT2D eigenvalue weighted by Crippen LogP contribution is -2.53. The van der Waals surface area contributed by atoms with E-state index in [1.165, 1.54) is 17.9 Å². The molecule has 1 atom stereocenters. The molecule has 0 saturated heterocycles. The van der Waals surface area contributed by atoms with E-state index in [0.29, 0.717) is 40.1 Å². The number of amides is 2. The SMILES string of the molecule is CCCNC(=O)[C@H](Cc1ccccc1)N(Cc1ccc(Cl)cc1Cl)C(=O)CN(c1ccc2c(c1)OCO2)S(=O)(=O)CC. The molecule has 224 valence electrons. The molecule has 1 aliphatic rings. The van der Waals surface area contributed by atoms with E-state index < -0.39 is 28.5 Å². The fourth-order valence-corrected chi connectivity index (χ4v) is 6.04. The lowest BCUT2D eigenvalue weighted by atomic mass is 10.0. The smallest absolute Gasteiger partial charge is 0.244 e. The summed E-state index contributed by atoms with van der Waals surface area (Å²) in [7, 11) is -3.92. The van der Waals surface area contributed by atoms with Gasteiger partial charge in [0.2, 0.25) is 28.6 Å². The van der Waals surface area contributed by atoms with Gasteiger partial charge in [-0.05, 0) is 48.7 Å². The molecule has 1 N–H and O–H groups in total. The molecule has 12 heteroatoms. The van der Waals surface area contributed by atoms with Crippen molar-refractivity contribution in [1.82, 2.24) is 10.2 Å². The van der Waals surface area contributed by atoms with Gasteiger partial charge in [-0.15, -0.1) is 0 Å². The highest BCUT2D eigenvalue weighted by atomic mass is 35.5. The highest BCUT2D eigenvalue weighted by Gasteiger charge is 2.34. The molecule has 42 heavy (non-hydrogen) atoms. The molecule has 0 aromatic heterocycles. The number of hydrogen-bond acceptors (Lipinski definition) is 6. The summed E-state index contributed by atoms with van der Waals surface area (Å²) < 4.78 is 38.5. The monoisotopic (exact) mass is 633 g/mol. The maximum atomic E-state index is 14.2. The van der Waals surface area contributed by atoms with E-state index in [1.54, 1.807) is 30.3 Å². The maximum Gasteiger partial charge on any atom is 0.244 e. The second-order valence-corrected chi connectivity index (χ2v) is 12.7. The van der Waals surface area contributed by atoms with Crippen molar-refractivity contribution in [3.63, 3.8) is 0 Å². The molecule has 0 aliphatic carbocycles. The van der Waals surface area contributed by atoms with Gasteiger partial charge in [0.05, 0.1) is 11.4 Å². The first-order valence-corrected chi connectivity index (χ1v) is 15.9. The minimum absolute atomic E-state index is 0.0158. The van der Waals surface area contributed by atoms with Crippen LogP contribution in [0, 0.1) is 0 Å². The first-order chi connectivity index (χ1) is 20.1. The van der Waals surface area contributed by atoms with Crippen molar-refractivity contribution < 1.29 is 27.5 Å². The molecule has 1 aliphatic heterocycles. The van der Waals surface area contributed by atoms with E-state index in [0.717, 1.165) is 9.87 Å². The highest BCUT2D eigenvalue weighted by Crippen LogP contribution is 2.36. The number of nitrogens with one attached hydrogen (secondary N) is 1. The van der Waals surface area contributed by atoms with Crippen LogP contribution >= 0.6 is 23.2 Å². The Morgan fingerprint density at radius 2 is 1.71 bits per heavy atom. The summed E-state index contributed by atoms with van der Waals surface area (Å²) in [5, 5.41) is 3.65. The van der Waals surface area contributed by atoms with E-state index in [-0.39, 0.29) is 37.1 Å². The number of carbonyl (C=O) groups is 2. The Morgan fingerprint density at radius 3 is 2.40 bits per heavy atom. The Bertz CT molecular complexity index is 1520. The number of carbonyl (C=O) groups excluding carboxylic acids is 2. The zero-order valence-electron chi connectivity index (χ0n) is 23.4. The van der Waals surface area contributed by atoms with E-state index in [9.17, 15) is 18.0 Å². The van der Waals surface area contributed by atoms with Gasteiger partial charge < -0.3 is 19.7 Å². The number of halogens is 2. The second kappa shape index (κ2) is 14.1. The van der Waals surface area contributed by atoms with Gasteiger partial charge in [0.15, 0.2) is 11.5 Å². The van der Waals surface area contributed by atoms with Crippen LogP contribution in [-0.2, 0) is 32.6 Å². The zero-order valence-corrected chi connectivity index (χ0v) is 25.7. The number of anilines is 1. The minimum atomic E-state index is -3.92. The lowest BCUT2D eigenvalue weighted by Gasteiger charge is -2.34. The summed E-state index contributed by atoms with van der Waals surface area (Å²) in [6.45, 7) is 3.27. The van der Waals surface area contributed by atoms with Gasteiger partial charge in [-0.1, -0.05) is 66.5 Å². The molecule has 0 unspecified atom stereocenters. The molecule has 0 fully saturated rings. The second-order valence-electron chi connectivity index (χ2n) is 9.70. The van der Waals surface area contributed by atoms with Crippen molar-refractivity contribution in [2.45, 2.75) is 39.3 Å². The van der Waals surface area contributed by atoms with Gasteiger partial charge in [-0.3, -0.25) is 13.9 Å². The third-order valence-electron chi connectivity index (χ3n) is 6.80. The van der Waals surface area contributed by atoms with Crippen LogP contribution in [-0.4, -0.2) is 56.8 Å². The number of fused-ring (bicyclic) bond motifs is 1. The maximum absolute atomic E-state index is 14.2. The molecule has 0 bridgehead atoms. The van der Waals surface area contributed by atoms with Crippen LogP contribution in [0.25, 0.3) is 0 Å². The molecule has 4 rings (SSSR count). The summed E-state index contributed by atoms with van der Waals surface area (Å²) in [5.41, 5.74) is 1.64. The van der Waals surface area contributed by atoms with Crippen molar-refractivity contribution in [2.24, 2.45) is 0 Å². The Hall–Kier alpha value is -3.47. The lowest BCUT2D eigenvalue weighted by molar-refractivity contribution is -0.140. The van der Waals surface area contributed by atoms with Gasteiger partial charge in [-0.25, -0.2) is 8.42 Å². The first-order valence-electron chi connectivity index (χ1n) is 13.6. The van der Waals surface area contributed by atoms with E-state index in [1.807, 2.05) is 37.3 Å². The minimum Gasteiger partial charge on any atom is -0.454 e. The number of ether oxygens (including phenoxy) is 2. The van der Waals surface area contributed by atoms with Crippen molar-refractivity contribution in [2.75, 3.05) is 29.9 Å². The Labute approximate surface area is 256 Å². The van der Waals surface area contributed by atoms with Crippen LogP contribution < -0.4 is 19.1 Å². The predicted molar refractivity (Wildman–Crippen MR) is 164 cm³/mol. The average molecular weight is 635 g/mol. The summed E-state index contributed by atoms with van der Waals surface area (Å²) in [5.74, 6) is -0.326. The van der Waals surface area contributed by atoms with Gasteiger partial charge >= 0.3 is 0 Å². The van der Waals surface area contributed by atoms with Crippen LogP contribution in [0.15, 0.2) is 66.7 Å². The number of sulfonamides is 1. The molecular formula is C30H33Cl2N3O6S. The van der Waals surface area contributed by atoms with Crippen molar-refractivity contribution >= 4 is 50.7 Å². The van der Waals surface area contributed by atoms with Gasteiger partial charge in [-0.2, -0.15) is 0 Å². The largest absolute Gasteiger partial charge is 0.454 e. The van der Waals surface area contributed by atoms with Crippen molar-refractivity contribution in [1.29, 1.82) is 0 Å². The van der Waals surface area contributed by atoms with Crippen LogP contribution in [0.3, 0.4) is 0 Å². The molecule has 0 radical (unpaired) electrons. The quantitative estimate of drug-likeness (QED) is 0.283. The summed E-state index contributed by atoms with van der Waals surface area (Å²) in [4.78, 5) is 29.2. The molecule has 2 amide bonds. The number of rotatable bonds is 13. The fraction of sp³-hybridized carbons (Fsp3) is 0.333. The highest BCUT2D eigenvalue weighted by molar-refractivity contribution is 7.92. The fourth-order valence-electron chi connectivity index (χ4n) is 4.51. The Kier molecular flexibility index (Phi) is 10.6. The van der Waals surface area contributed by atoms with E-state index in [2.05, 4.69) is 5.32 Å². The molecule has 0 spiro atoms. The molecule has 9 nitrogen and oxygen atoms in total. The van der Waals surface area contributed by atoms with Gasteiger partial charge in [0.1, 0.15) is 12.6 Å². The molecular weight excluding hydrogens is 601 g/mol. The molecule has 3 aromatic carbocycles. The van der Waals surface area contributed by atoms with E-state index in [4.69, 9.17) is 32.7 Å². The molecule has 3 aromatic rings. The van der Waals surface area contributed by atoms with Crippen LogP contribution in [0.5, 0.6) is 11.5 Å². The number of benzene rings is 3. The summed E-state index contributed by atoms with van der Waals surface area (Å²) in [6.07, 6.45) is 0.908. The Morgan fingerprint density at radius 1 is 0.976 bits per heavy atom. The Balaban J connectivity index is 1.76. The first kappa shape index (κ1) is 31.5. The zero-order chi connectivity index (χ0) is 30.3. The van der Waals surface area contributed by atoms with Crippen LogP contribution in [0.2, 0.25) is 10.0 Å². The third kappa shape index (κ3) is 7.67. The van der Waals surface area contributed by atoms with Gasteiger partial charge in [0, 0.05) is 35.6 Å². The van der Waals surface area contributed by atoms with Gasteiger partial charge in [0.25, 0.3) is 0 Å². The predicted octanol–water partition coefficient (Wildman–Crippen LogP) is 5.04. The average Bonchev–Trinajstić information content (AvgIpc) is 3.46. The topological polar surface area (TPSA) is 105 Å². The standard InChI is InChI=1S/C30H33Cl2N3O6S/c1-3-14-33-30(37)26(15-21-8-6-5-7-9-21)34(18-22-10-11-23(31)16-25(22)32)29(36)19-35(42(38,39)4-2)24-12-13-27-28(17-24)41-20-40-27/h5-13,16-17,26H,3-4,14-15,18-20H2,1-2H3,(H,33,37)/t26-/m0/s1. The van der Waals surface area contributed by atoms with Crippen molar-refractivity contribution in [3.8, 4) is 11.5 Å². The molecule has 1 heterocycles. The normalized spacial score (nSPS) is 13.0. The summed E-state index contributed by atoms with van der Waals surface area (Å²) >= 11 is 12.6. The molecule has 0 saturated carbocycles. The summed E-state index contributed by atoms with van der Waals surface area (Å²) in [6, 6.07) is 17.9. The van der Waals surface area contributed by atoms with Crippen molar-refractivity contribution in [3.05, 3.63) is 87.9 Å². The van der Waals surface area contributed by atoms with Crippen LogP contribution in [0.1, 0.15) is 31.4 Å². The van der Waals surface area contributed by atoms with E-state index >= 15 is 0 Å².